The van der Waals surface area contributed by atoms with Gasteiger partial charge in [0.1, 0.15) is 6.04 Å². The largest absolute Gasteiger partial charge is 0.480 e. The normalized spacial score (nSPS) is 14.0. The molecule has 0 saturated carbocycles. The van der Waals surface area contributed by atoms with Crippen LogP contribution in [-0.4, -0.2) is 34.4 Å². The number of hydrogen-bond acceptors (Lipinski definition) is 3. The molecule has 0 unspecified atom stereocenters. The number of hydrogen-bond donors (Lipinski definition) is 2. The van der Waals surface area contributed by atoms with Crippen LogP contribution in [0.3, 0.4) is 0 Å². The van der Waals surface area contributed by atoms with Gasteiger partial charge in [-0.1, -0.05) is 30.8 Å². The highest BCUT2D eigenvalue weighted by Crippen LogP contribution is 2.35. The molecule has 0 spiro atoms. The van der Waals surface area contributed by atoms with Gasteiger partial charge in [-0.2, -0.15) is 0 Å². The van der Waals surface area contributed by atoms with Crippen molar-refractivity contribution in [1.82, 2.24) is 4.57 Å². The molecule has 1 aromatic heterocycles. The van der Waals surface area contributed by atoms with Crippen LogP contribution in [0.2, 0.25) is 0 Å². The van der Waals surface area contributed by atoms with Crippen molar-refractivity contribution < 1.29 is 9.90 Å². The predicted molar refractivity (Wildman–Crippen MR) is 106 cm³/mol. The van der Waals surface area contributed by atoms with E-state index in [9.17, 15) is 4.79 Å². The standard InChI is InChI=1S/C21H25N3O2/c1-2-24-17(14-23-12-6-5-9-19(22)21(25)26)13-16-11-10-15-7-3-4-8-18(15)20(16)24/h2-4,7-8,13-14,19H,1,5-6,9-12,22H2,(H,25,26)/t19-/m0/s1. The third-order valence-corrected chi connectivity index (χ3v) is 4.86. The number of nitrogens with zero attached hydrogens (tertiary/aromatic N) is 2. The number of carbonyl (C=O) groups is 1. The summed E-state index contributed by atoms with van der Waals surface area (Å²) in [6, 6.07) is 9.93. The maximum absolute atomic E-state index is 10.7. The molecule has 5 nitrogen and oxygen atoms in total. The fraction of sp³-hybridized carbons (Fsp3) is 0.333. The fourth-order valence-electron chi connectivity index (χ4n) is 3.48. The molecule has 1 atom stereocenters. The summed E-state index contributed by atoms with van der Waals surface area (Å²) in [5, 5.41) is 8.77. The van der Waals surface area contributed by atoms with Gasteiger partial charge in [0.2, 0.25) is 0 Å². The second-order valence-corrected chi connectivity index (χ2v) is 6.63. The number of rotatable bonds is 8. The average Bonchev–Trinajstić information content (AvgIpc) is 3.02. The molecule has 0 fully saturated rings. The highest BCUT2D eigenvalue weighted by Gasteiger charge is 2.21. The number of unbranched alkanes of at least 4 members (excludes halogenated alkanes) is 1. The van der Waals surface area contributed by atoms with Crippen molar-refractivity contribution in [3.8, 4) is 11.3 Å². The number of aliphatic carboxylic acids is 1. The molecule has 2 aromatic rings. The van der Waals surface area contributed by atoms with Crippen molar-refractivity contribution in [3.05, 3.63) is 53.7 Å². The Morgan fingerprint density at radius 1 is 1.31 bits per heavy atom. The highest BCUT2D eigenvalue weighted by atomic mass is 16.4. The summed E-state index contributed by atoms with van der Waals surface area (Å²) >= 11 is 0. The minimum Gasteiger partial charge on any atom is -0.480 e. The number of aliphatic imine (C=N–C) groups is 1. The molecule has 0 bridgehead atoms. The number of carboxylic acid groups (broad SMARTS) is 1. The summed E-state index contributed by atoms with van der Waals surface area (Å²) in [6.07, 6.45) is 7.89. The van der Waals surface area contributed by atoms with E-state index < -0.39 is 12.0 Å². The molecule has 1 aromatic carbocycles. The Bertz CT molecular complexity index is 836. The third kappa shape index (κ3) is 3.78. The maximum Gasteiger partial charge on any atom is 0.320 e. The summed E-state index contributed by atoms with van der Waals surface area (Å²) < 4.78 is 2.11. The summed E-state index contributed by atoms with van der Waals surface area (Å²) in [5.74, 6) is -0.942. The zero-order valence-corrected chi connectivity index (χ0v) is 14.9. The van der Waals surface area contributed by atoms with Crippen molar-refractivity contribution in [3.63, 3.8) is 0 Å². The van der Waals surface area contributed by atoms with E-state index in [0.717, 1.165) is 31.4 Å². The van der Waals surface area contributed by atoms with E-state index in [0.29, 0.717) is 13.0 Å². The minimum atomic E-state index is -0.942. The van der Waals surface area contributed by atoms with Gasteiger partial charge in [-0.3, -0.25) is 9.79 Å². The number of nitrogens with two attached hydrogens (primary N) is 1. The number of aryl methyl sites for hydroxylation is 2. The van der Waals surface area contributed by atoms with Crippen LogP contribution in [0.15, 0.2) is 41.9 Å². The number of aromatic nitrogens is 1. The van der Waals surface area contributed by atoms with Crippen molar-refractivity contribution in [1.29, 1.82) is 0 Å². The van der Waals surface area contributed by atoms with E-state index in [1.807, 2.05) is 12.4 Å². The molecule has 1 aliphatic carbocycles. The Balaban J connectivity index is 1.68. The topological polar surface area (TPSA) is 80.6 Å². The smallest absolute Gasteiger partial charge is 0.320 e. The lowest BCUT2D eigenvalue weighted by Gasteiger charge is -2.18. The zero-order chi connectivity index (χ0) is 18.5. The fourth-order valence-corrected chi connectivity index (χ4v) is 3.48. The van der Waals surface area contributed by atoms with Crippen LogP contribution in [0.1, 0.15) is 36.1 Å². The molecular formula is C21H25N3O2. The molecule has 1 heterocycles. The molecule has 0 radical (unpaired) electrons. The van der Waals surface area contributed by atoms with Crippen LogP contribution in [-0.2, 0) is 17.6 Å². The number of carboxylic acids is 1. The Labute approximate surface area is 153 Å². The van der Waals surface area contributed by atoms with Gasteiger partial charge >= 0.3 is 5.97 Å². The van der Waals surface area contributed by atoms with Gasteiger partial charge < -0.3 is 15.4 Å². The zero-order valence-electron chi connectivity index (χ0n) is 14.9. The lowest BCUT2D eigenvalue weighted by atomic mass is 9.90. The van der Waals surface area contributed by atoms with Gasteiger partial charge in [-0.05, 0) is 49.3 Å². The molecule has 0 saturated heterocycles. The molecule has 26 heavy (non-hydrogen) atoms. The van der Waals surface area contributed by atoms with Crippen LogP contribution in [0.4, 0.5) is 0 Å². The first-order chi connectivity index (χ1) is 12.6. The van der Waals surface area contributed by atoms with Crippen LogP contribution in [0, 0.1) is 0 Å². The van der Waals surface area contributed by atoms with Crippen LogP contribution < -0.4 is 5.73 Å². The lowest BCUT2D eigenvalue weighted by molar-refractivity contribution is -0.138. The summed E-state index contributed by atoms with van der Waals surface area (Å²) in [5.41, 5.74) is 11.7. The molecule has 0 aliphatic heterocycles. The highest BCUT2D eigenvalue weighted by molar-refractivity contribution is 5.85. The third-order valence-electron chi connectivity index (χ3n) is 4.86. The van der Waals surface area contributed by atoms with Crippen molar-refractivity contribution in [2.45, 2.75) is 38.1 Å². The minimum absolute atomic E-state index is 0.485. The monoisotopic (exact) mass is 351 g/mol. The van der Waals surface area contributed by atoms with Gasteiger partial charge in [0.25, 0.3) is 0 Å². The average molecular weight is 351 g/mol. The SMILES string of the molecule is C=Cn1c(C=NCCCC[C@H](N)C(=O)O)cc2c1-c1ccccc1CC2. The van der Waals surface area contributed by atoms with E-state index in [2.05, 4.69) is 46.5 Å². The van der Waals surface area contributed by atoms with Crippen molar-refractivity contribution in [2.75, 3.05) is 6.54 Å². The quantitative estimate of drug-likeness (QED) is 0.565. The van der Waals surface area contributed by atoms with Gasteiger partial charge in [-0.25, -0.2) is 0 Å². The van der Waals surface area contributed by atoms with E-state index >= 15 is 0 Å². The van der Waals surface area contributed by atoms with Crippen molar-refractivity contribution in [2.24, 2.45) is 10.7 Å². The van der Waals surface area contributed by atoms with Crippen LogP contribution >= 0.6 is 0 Å². The molecule has 3 N–H and O–H groups in total. The first kappa shape index (κ1) is 18.1. The Hall–Kier alpha value is -2.66. The lowest BCUT2D eigenvalue weighted by Crippen LogP contribution is -2.29. The van der Waals surface area contributed by atoms with Gasteiger partial charge in [0.15, 0.2) is 0 Å². The van der Waals surface area contributed by atoms with E-state index in [1.165, 1.54) is 22.4 Å². The second kappa shape index (κ2) is 8.15. The molecule has 0 amide bonds. The van der Waals surface area contributed by atoms with Gasteiger partial charge in [0.05, 0.1) is 11.4 Å². The van der Waals surface area contributed by atoms with Crippen molar-refractivity contribution >= 4 is 18.4 Å². The van der Waals surface area contributed by atoms with Crippen LogP contribution in [0.25, 0.3) is 17.5 Å². The van der Waals surface area contributed by atoms with Gasteiger partial charge in [0, 0.05) is 24.5 Å². The molecule has 3 rings (SSSR count). The van der Waals surface area contributed by atoms with E-state index in [4.69, 9.17) is 10.8 Å². The van der Waals surface area contributed by atoms with Crippen LogP contribution in [0.5, 0.6) is 0 Å². The summed E-state index contributed by atoms with van der Waals surface area (Å²) in [4.78, 5) is 15.2. The van der Waals surface area contributed by atoms with E-state index in [-0.39, 0.29) is 0 Å². The summed E-state index contributed by atoms with van der Waals surface area (Å²) in [7, 11) is 0. The Morgan fingerprint density at radius 3 is 2.85 bits per heavy atom. The van der Waals surface area contributed by atoms with Gasteiger partial charge in [-0.15, -0.1) is 0 Å². The molecule has 136 valence electrons. The Morgan fingerprint density at radius 2 is 2.08 bits per heavy atom. The number of benzene rings is 1. The molecule has 5 heteroatoms. The molecule has 1 aliphatic rings. The summed E-state index contributed by atoms with van der Waals surface area (Å²) in [6.45, 7) is 4.63. The first-order valence-corrected chi connectivity index (χ1v) is 9.05. The molecular weight excluding hydrogens is 326 g/mol. The number of fused-ring (bicyclic) bond motifs is 3. The second-order valence-electron chi connectivity index (χ2n) is 6.63. The predicted octanol–water partition coefficient (Wildman–Crippen LogP) is 3.36. The first-order valence-electron chi connectivity index (χ1n) is 9.05. The maximum atomic E-state index is 10.7. The van der Waals surface area contributed by atoms with E-state index in [1.54, 1.807) is 0 Å². The Kier molecular flexibility index (Phi) is 5.68.